The number of aromatic amines is 1. The van der Waals surface area contributed by atoms with Gasteiger partial charge >= 0.3 is 5.97 Å². The summed E-state index contributed by atoms with van der Waals surface area (Å²) in [6.07, 6.45) is 2.05. The summed E-state index contributed by atoms with van der Waals surface area (Å²) < 4.78 is 0. The van der Waals surface area contributed by atoms with Gasteiger partial charge in [0, 0.05) is 24.6 Å². The van der Waals surface area contributed by atoms with Crippen LogP contribution in [-0.2, 0) is 11.2 Å². The largest absolute Gasteiger partial charge is 0.481 e. The highest BCUT2D eigenvalue weighted by Crippen LogP contribution is 2.31. The normalized spacial score (nSPS) is 13.7. The first kappa shape index (κ1) is 17.8. The molecule has 4 N–H and O–H groups in total. The molecule has 0 saturated heterocycles. The predicted molar refractivity (Wildman–Crippen MR) is 86.4 cm³/mol. The second-order valence-corrected chi connectivity index (χ2v) is 5.88. The van der Waals surface area contributed by atoms with Crippen LogP contribution in [0.1, 0.15) is 31.3 Å². The number of rotatable bonds is 9. The minimum absolute atomic E-state index is 0.0380. The summed E-state index contributed by atoms with van der Waals surface area (Å²) in [5.74, 6) is -1.67. The molecule has 2 atom stereocenters. The van der Waals surface area contributed by atoms with Gasteiger partial charge in [-0.25, -0.2) is 0 Å². The van der Waals surface area contributed by atoms with Crippen molar-refractivity contribution >= 4 is 11.7 Å². The Bertz CT molecular complexity index is 629. The van der Waals surface area contributed by atoms with E-state index in [2.05, 4.69) is 30.9 Å². The molecule has 24 heavy (non-hydrogen) atoms. The first-order chi connectivity index (χ1) is 11.5. The maximum Gasteiger partial charge on any atom is 0.307 e. The molecule has 130 valence electrons. The minimum Gasteiger partial charge on any atom is -0.481 e. The zero-order valence-corrected chi connectivity index (χ0v) is 13.7. The average Bonchev–Trinajstić information content (AvgIpc) is 3.07. The maximum absolute atomic E-state index is 11.7. The van der Waals surface area contributed by atoms with E-state index in [1.54, 1.807) is 6.20 Å². The van der Waals surface area contributed by atoms with E-state index in [1.807, 2.05) is 26.0 Å². The van der Waals surface area contributed by atoms with Crippen molar-refractivity contribution in [1.29, 1.82) is 0 Å². The Balaban J connectivity index is 2.21. The van der Waals surface area contributed by atoms with Crippen LogP contribution in [-0.4, -0.2) is 54.9 Å². The Morgan fingerprint density at radius 1 is 1.38 bits per heavy atom. The number of carbonyl (C=O) groups is 1. The van der Waals surface area contributed by atoms with Crippen molar-refractivity contribution in [2.45, 2.75) is 26.2 Å². The van der Waals surface area contributed by atoms with Gasteiger partial charge in [0.05, 0.1) is 24.4 Å². The average molecular weight is 334 g/mol. The molecular formula is C15H22N6O3. The number of tetrazole rings is 1. The van der Waals surface area contributed by atoms with E-state index in [1.165, 1.54) is 0 Å². The topological polar surface area (TPSA) is 137 Å². The fourth-order valence-electron chi connectivity index (χ4n) is 2.70. The van der Waals surface area contributed by atoms with Crippen LogP contribution in [0.5, 0.6) is 0 Å². The molecule has 0 spiro atoms. The number of hydrogen-bond donors (Lipinski definition) is 4. The van der Waals surface area contributed by atoms with E-state index in [4.69, 9.17) is 5.11 Å². The molecule has 0 aromatic carbocycles. The lowest BCUT2D eigenvalue weighted by Crippen LogP contribution is -2.29. The molecule has 0 aliphatic carbocycles. The zero-order chi connectivity index (χ0) is 17.5. The quantitative estimate of drug-likeness (QED) is 0.525. The van der Waals surface area contributed by atoms with Crippen molar-refractivity contribution in [3.05, 3.63) is 29.8 Å². The number of H-pyrrole nitrogens is 1. The van der Waals surface area contributed by atoms with Gasteiger partial charge in [0.25, 0.3) is 0 Å². The molecule has 2 heterocycles. The Hall–Kier alpha value is -2.55. The van der Waals surface area contributed by atoms with Crippen LogP contribution in [0.2, 0.25) is 0 Å². The Kier molecular flexibility index (Phi) is 6.19. The standard InChI is InChI=1S/C15H22N6O3/c1-9(2)13(15(23)24)12(14-18-20-21-19-14)7-10-3-4-11(8-17-10)16-5-6-22/h3-4,8-9,12-13,16,22H,5-7H2,1-2H3,(H,23,24)(H,18,19,20,21)/t12-,13-/m0/s1. The number of anilines is 1. The predicted octanol–water partition coefficient (Wildman–Crippen LogP) is 0.682. The summed E-state index contributed by atoms with van der Waals surface area (Å²) in [6, 6.07) is 3.67. The van der Waals surface area contributed by atoms with Crippen molar-refractivity contribution in [3.63, 3.8) is 0 Å². The van der Waals surface area contributed by atoms with E-state index in [-0.39, 0.29) is 12.5 Å². The summed E-state index contributed by atoms with van der Waals surface area (Å²) in [4.78, 5) is 16.1. The molecule has 0 bridgehead atoms. The van der Waals surface area contributed by atoms with Gasteiger partial charge in [-0.3, -0.25) is 9.78 Å². The third-order valence-corrected chi connectivity index (χ3v) is 3.82. The fourth-order valence-corrected chi connectivity index (χ4v) is 2.70. The SMILES string of the molecule is CC(C)[C@H](C(=O)O)[C@H](Cc1ccc(NCCO)cn1)c1nn[nH]n1. The fraction of sp³-hybridized carbons (Fsp3) is 0.533. The van der Waals surface area contributed by atoms with Crippen LogP contribution in [0.4, 0.5) is 5.69 Å². The first-order valence-electron chi connectivity index (χ1n) is 7.78. The molecule has 2 aromatic rings. The number of pyridine rings is 1. The molecule has 0 aliphatic heterocycles. The van der Waals surface area contributed by atoms with Gasteiger partial charge in [-0.05, 0) is 18.1 Å². The highest BCUT2D eigenvalue weighted by Gasteiger charge is 2.35. The highest BCUT2D eigenvalue weighted by molar-refractivity contribution is 5.71. The highest BCUT2D eigenvalue weighted by atomic mass is 16.4. The number of aliphatic carboxylic acids is 1. The van der Waals surface area contributed by atoms with Crippen LogP contribution in [0.3, 0.4) is 0 Å². The van der Waals surface area contributed by atoms with E-state index < -0.39 is 17.8 Å². The number of nitrogens with one attached hydrogen (secondary N) is 2. The van der Waals surface area contributed by atoms with Crippen molar-refractivity contribution in [2.75, 3.05) is 18.5 Å². The van der Waals surface area contributed by atoms with Gasteiger partial charge in [-0.1, -0.05) is 19.1 Å². The molecule has 0 aliphatic rings. The van der Waals surface area contributed by atoms with Crippen LogP contribution < -0.4 is 5.32 Å². The molecule has 0 amide bonds. The van der Waals surface area contributed by atoms with Crippen molar-refractivity contribution in [2.24, 2.45) is 11.8 Å². The lowest BCUT2D eigenvalue weighted by molar-refractivity contribution is -0.144. The summed E-state index contributed by atoms with van der Waals surface area (Å²) in [5.41, 5.74) is 1.54. The summed E-state index contributed by atoms with van der Waals surface area (Å²) >= 11 is 0. The van der Waals surface area contributed by atoms with Crippen molar-refractivity contribution < 1.29 is 15.0 Å². The number of aliphatic hydroxyl groups excluding tert-OH is 1. The van der Waals surface area contributed by atoms with Crippen LogP contribution in [0.15, 0.2) is 18.3 Å². The molecule has 2 rings (SSSR count). The third-order valence-electron chi connectivity index (χ3n) is 3.82. The third kappa shape index (κ3) is 4.48. The van der Waals surface area contributed by atoms with E-state index in [0.29, 0.717) is 18.8 Å². The number of hydrogen-bond acceptors (Lipinski definition) is 7. The zero-order valence-electron chi connectivity index (χ0n) is 13.7. The van der Waals surface area contributed by atoms with E-state index >= 15 is 0 Å². The van der Waals surface area contributed by atoms with Crippen molar-refractivity contribution in [3.8, 4) is 0 Å². The summed E-state index contributed by atoms with van der Waals surface area (Å²) in [5, 5.41) is 35.3. The second kappa shape index (κ2) is 8.34. The molecule has 9 nitrogen and oxygen atoms in total. The van der Waals surface area contributed by atoms with Crippen molar-refractivity contribution in [1.82, 2.24) is 25.6 Å². The van der Waals surface area contributed by atoms with Gasteiger partial charge in [-0.2, -0.15) is 5.21 Å². The number of carboxylic acid groups (broad SMARTS) is 1. The van der Waals surface area contributed by atoms with E-state index in [9.17, 15) is 9.90 Å². The molecule has 9 heteroatoms. The smallest absolute Gasteiger partial charge is 0.307 e. The number of aromatic nitrogens is 5. The van der Waals surface area contributed by atoms with E-state index in [0.717, 1.165) is 11.4 Å². The van der Waals surface area contributed by atoms with Gasteiger partial charge in [-0.15, -0.1) is 10.2 Å². The molecule has 0 fully saturated rings. The Morgan fingerprint density at radius 2 is 2.17 bits per heavy atom. The maximum atomic E-state index is 11.7. The number of carboxylic acids is 1. The van der Waals surface area contributed by atoms with Gasteiger partial charge in [0.15, 0.2) is 5.82 Å². The summed E-state index contributed by atoms with van der Waals surface area (Å²) in [6.45, 7) is 4.21. The molecular weight excluding hydrogens is 312 g/mol. The number of nitrogens with zero attached hydrogens (tertiary/aromatic N) is 4. The lowest BCUT2D eigenvalue weighted by Gasteiger charge is -2.24. The van der Waals surface area contributed by atoms with Gasteiger partial charge in [0.1, 0.15) is 0 Å². The monoisotopic (exact) mass is 334 g/mol. The molecule has 0 saturated carbocycles. The van der Waals surface area contributed by atoms with Crippen LogP contribution in [0.25, 0.3) is 0 Å². The lowest BCUT2D eigenvalue weighted by atomic mass is 9.80. The van der Waals surface area contributed by atoms with Gasteiger partial charge < -0.3 is 15.5 Å². The first-order valence-corrected chi connectivity index (χ1v) is 7.78. The molecule has 0 radical (unpaired) electrons. The molecule has 0 unspecified atom stereocenters. The van der Waals surface area contributed by atoms with Crippen LogP contribution in [0, 0.1) is 11.8 Å². The van der Waals surface area contributed by atoms with Crippen LogP contribution >= 0.6 is 0 Å². The Labute approximate surface area is 139 Å². The molecule has 2 aromatic heterocycles. The second-order valence-electron chi connectivity index (χ2n) is 5.88. The Morgan fingerprint density at radius 3 is 2.67 bits per heavy atom. The van der Waals surface area contributed by atoms with Gasteiger partial charge in [0.2, 0.25) is 0 Å². The minimum atomic E-state index is -0.888. The summed E-state index contributed by atoms with van der Waals surface area (Å²) in [7, 11) is 0. The number of aliphatic hydroxyl groups is 1.